The Bertz CT molecular complexity index is 1230. The highest BCUT2D eigenvalue weighted by atomic mass is 32.2. The van der Waals surface area contributed by atoms with E-state index < -0.39 is 16.1 Å². The van der Waals surface area contributed by atoms with E-state index in [0.29, 0.717) is 17.2 Å². The smallest absolute Gasteiger partial charge is 0.270 e. The number of rotatable bonds is 6. The summed E-state index contributed by atoms with van der Waals surface area (Å²) in [6, 6.07) is 18.3. The number of benzene rings is 3. The standard InChI is InChI=1S/C22H20N2O6S/c1-28-16-9-11-19(29-2)20(13-16)31(26,27)24-15-8-10-18-17(12-15)23-22(25)21(30-18)14-6-4-3-5-7-14/h3-13,21,24H,1-2H3,(H,23,25). The third-order valence-electron chi connectivity index (χ3n) is 4.74. The van der Waals surface area contributed by atoms with E-state index in [9.17, 15) is 13.2 Å². The highest BCUT2D eigenvalue weighted by molar-refractivity contribution is 7.92. The maximum Gasteiger partial charge on any atom is 0.270 e. The zero-order valence-electron chi connectivity index (χ0n) is 16.8. The first-order chi connectivity index (χ1) is 14.9. The molecule has 4 rings (SSSR count). The molecule has 1 unspecified atom stereocenters. The van der Waals surface area contributed by atoms with Crippen molar-refractivity contribution >= 4 is 27.3 Å². The maximum absolute atomic E-state index is 13.0. The number of hydrogen-bond donors (Lipinski definition) is 2. The molecule has 0 fully saturated rings. The predicted octanol–water partition coefficient (Wildman–Crippen LogP) is 3.58. The summed E-state index contributed by atoms with van der Waals surface area (Å²) >= 11 is 0. The Kier molecular flexibility index (Phi) is 5.43. The van der Waals surface area contributed by atoms with Crippen LogP contribution in [0.3, 0.4) is 0 Å². The second kappa shape index (κ2) is 8.19. The Morgan fingerprint density at radius 1 is 0.968 bits per heavy atom. The SMILES string of the molecule is COc1ccc(OC)c(S(=O)(=O)Nc2ccc3c(c2)NC(=O)C(c2ccccc2)O3)c1. The Balaban J connectivity index is 1.61. The Hall–Kier alpha value is -3.72. The van der Waals surface area contributed by atoms with Gasteiger partial charge in [-0.15, -0.1) is 0 Å². The van der Waals surface area contributed by atoms with Crippen molar-refractivity contribution in [3.63, 3.8) is 0 Å². The van der Waals surface area contributed by atoms with E-state index in [0.717, 1.165) is 5.56 Å². The number of ether oxygens (including phenoxy) is 3. The number of anilines is 2. The largest absolute Gasteiger partial charge is 0.497 e. The van der Waals surface area contributed by atoms with Gasteiger partial charge < -0.3 is 19.5 Å². The van der Waals surface area contributed by atoms with Gasteiger partial charge in [-0.25, -0.2) is 8.42 Å². The van der Waals surface area contributed by atoms with Gasteiger partial charge in [0.25, 0.3) is 15.9 Å². The number of hydrogen-bond acceptors (Lipinski definition) is 6. The van der Waals surface area contributed by atoms with Crippen LogP contribution in [0.2, 0.25) is 0 Å². The van der Waals surface area contributed by atoms with E-state index in [1.54, 1.807) is 30.3 Å². The van der Waals surface area contributed by atoms with E-state index in [2.05, 4.69) is 10.0 Å². The number of fused-ring (bicyclic) bond motifs is 1. The summed E-state index contributed by atoms with van der Waals surface area (Å²) in [5.74, 6) is 0.649. The fraction of sp³-hybridized carbons (Fsp3) is 0.136. The minimum atomic E-state index is -3.99. The Labute approximate surface area is 179 Å². The van der Waals surface area contributed by atoms with E-state index in [4.69, 9.17) is 14.2 Å². The van der Waals surface area contributed by atoms with Crippen molar-refractivity contribution in [2.45, 2.75) is 11.0 Å². The van der Waals surface area contributed by atoms with Crippen molar-refractivity contribution in [2.75, 3.05) is 24.3 Å². The molecule has 1 amide bonds. The molecule has 1 atom stereocenters. The van der Waals surface area contributed by atoms with E-state index >= 15 is 0 Å². The van der Waals surface area contributed by atoms with Crippen LogP contribution in [0.4, 0.5) is 11.4 Å². The molecule has 1 aliphatic heterocycles. The van der Waals surface area contributed by atoms with Crippen LogP contribution in [0.25, 0.3) is 0 Å². The average molecular weight is 440 g/mol. The van der Waals surface area contributed by atoms with Gasteiger partial charge in [-0.2, -0.15) is 0 Å². The monoisotopic (exact) mass is 440 g/mol. The molecule has 2 N–H and O–H groups in total. The molecule has 160 valence electrons. The molecule has 0 aromatic heterocycles. The average Bonchev–Trinajstić information content (AvgIpc) is 2.78. The molecular formula is C22H20N2O6S. The first kappa shape index (κ1) is 20.5. The normalized spacial score (nSPS) is 15.3. The molecule has 8 nitrogen and oxygen atoms in total. The van der Waals surface area contributed by atoms with Crippen LogP contribution in [-0.2, 0) is 14.8 Å². The molecule has 1 heterocycles. The number of carbonyl (C=O) groups is 1. The van der Waals surface area contributed by atoms with Crippen LogP contribution in [0, 0.1) is 0 Å². The topological polar surface area (TPSA) is 103 Å². The van der Waals surface area contributed by atoms with Crippen molar-refractivity contribution in [2.24, 2.45) is 0 Å². The summed E-state index contributed by atoms with van der Waals surface area (Å²) < 4.78 is 44.5. The molecule has 0 saturated carbocycles. The van der Waals surface area contributed by atoms with Gasteiger partial charge in [0, 0.05) is 11.6 Å². The zero-order chi connectivity index (χ0) is 22.0. The third kappa shape index (κ3) is 4.13. The van der Waals surface area contributed by atoms with Crippen molar-refractivity contribution in [1.82, 2.24) is 0 Å². The summed E-state index contributed by atoms with van der Waals surface area (Å²) in [4.78, 5) is 12.5. The van der Waals surface area contributed by atoms with Crippen LogP contribution in [0.1, 0.15) is 11.7 Å². The maximum atomic E-state index is 13.0. The Morgan fingerprint density at radius 3 is 2.45 bits per heavy atom. The lowest BCUT2D eigenvalue weighted by atomic mass is 10.1. The number of amides is 1. The molecular weight excluding hydrogens is 420 g/mol. The minimum Gasteiger partial charge on any atom is -0.497 e. The zero-order valence-corrected chi connectivity index (χ0v) is 17.6. The number of methoxy groups -OCH3 is 2. The van der Waals surface area contributed by atoms with E-state index in [-0.39, 0.29) is 22.2 Å². The summed E-state index contributed by atoms with van der Waals surface area (Å²) in [7, 11) is -1.16. The summed E-state index contributed by atoms with van der Waals surface area (Å²) in [6.07, 6.45) is -0.780. The van der Waals surface area contributed by atoms with Gasteiger partial charge in [0.15, 0.2) is 0 Å². The molecule has 0 saturated heterocycles. The lowest BCUT2D eigenvalue weighted by Crippen LogP contribution is -2.30. The van der Waals surface area contributed by atoms with Gasteiger partial charge >= 0.3 is 0 Å². The van der Waals surface area contributed by atoms with Gasteiger partial charge in [0.05, 0.1) is 25.6 Å². The second-order valence-electron chi connectivity index (χ2n) is 6.73. The van der Waals surface area contributed by atoms with E-state index in [1.165, 1.54) is 32.4 Å². The number of carbonyl (C=O) groups excluding carboxylic acids is 1. The molecule has 0 bridgehead atoms. The highest BCUT2D eigenvalue weighted by Crippen LogP contribution is 2.37. The number of sulfonamides is 1. The predicted molar refractivity (Wildman–Crippen MR) is 115 cm³/mol. The minimum absolute atomic E-state index is 0.0727. The van der Waals surface area contributed by atoms with Crippen LogP contribution in [0.15, 0.2) is 71.6 Å². The fourth-order valence-electron chi connectivity index (χ4n) is 3.22. The lowest BCUT2D eigenvalue weighted by molar-refractivity contribution is -0.123. The van der Waals surface area contributed by atoms with Crippen molar-refractivity contribution in [3.05, 3.63) is 72.3 Å². The quantitative estimate of drug-likeness (QED) is 0.607. The molecule has 31 heavy (non-hydrogen) atoms. The van der Waals surface area contributed by atoms with E-state index in [1.807, 2.05) is 18.2 Å². The molecule has 3 aromatic carbocycles. The lowest BCUT2D eigenvalue weighted by Gasteiger charge is -2.26. The van der Waals surface area contributed by atoms with Crippen molar-refractivity contribution in [3.8, 4) is 17.2 Å². The van der Waals surface area contributed by atoms with Crippen LogP contribution < -0.4 is 24.2 Å². The highest BCUT2D eigenvalue weighted by Gasteiger charge is 2.29. The fourth-order valence-corrected chi connectivity index (χ4v) is 4.46. The number of nitrogens with one attached hydrogen (secondary N) is 2. The molecule has 0 aliphatic carbocycles. The molecule has 9 heteroatoms. The van der Waals surface area contributed by atoms with Gasteiger partial charge in [-0.1, -0.05) is 30.3 Å². The summed E-state index contributed by atoms with van der Waals surface area (Å²) in [6.45, 7) is 0. The van der Waals surface area contributed by atoms with Crippen molar-refractivity contribution < 1.29 is 27.4 Å². The molecule has 0 radical (unpaired) electrons. The summed E-state index contributed by atoms with van der Waals surface area (Å²) in [5.41, 5.74) is 1.35. The molecule has 1 aliphatic rings. The molecule has 0 spiro atoms. The third-order valence-corrected chi connectivity index (χ3v) is 6.14. The van der Waals surface area contributed by atoms with Gasteiger partial charge in [-0.05, 0) is 30.3 Å². The van der Waals surface area contributed by atoms with Crippen LogP contribution in [0.5, 0.6) is 17.2 Å². The van der Waals surface area contributed by atoms with Crippen LogP contribution >= 0.6 is 0 Å². The second-order valence-corrected chi connectivity index (χ2v) is 8.38. The first-order valence-electron chi connectivity index (χ1n) is 9.32. The van der Waals surface area contributed by atoms with Gasteiger partial charge in [0.2, 0.25) is 6.10 Å². The summed E-state index contributed by atoms with van der Waals surface area (Å²) in [5, 5.41) is 2.77. The van der Waals surface area contributed by atoms with Gasteiger partial charge in [0.1, 0.15) is 22.1 Å². The van der Waals surface area contributed by atoms with Crippen LogP contribution in [-0.4, -0.2) is 28.5 Å². The Morgan fingerprint density at radius 2 is 1.74 bits per heavy atom. The first-order valence-corrected chi connectivity index (χ1v) is 10.8. The van der Waals surface area contributed by atoms with Crippen molar-refractivity contribution in [1.29, 1.82) is 0 Å². The molecule has 3 aromatic rings. The van der Waals surface area contributed by atoms with Gasteiger partial charge in [-0.3, -0.25) is 9.52 Å².